The summed E-state index contributed by atoms with van der Waals surface area (Å²) in [5.74, 6) is 0.669. The summed E-state index contributed by atoms with van der Waals surface area (Å²) in [6.45, 7) is 7.62. The summed E-state index contributed by atoms with van der Waals surface area (Å²) in [5, 5.41) is 3.67. The van der Waals surface area contributed by atoms with Crippen molar-refractivity contribution in [2.75, 3.05) is 6.61 Å². The molecular weight excluding hydrogens is 162 g/mol. The summed E-state index contributed by atoms with van der Waals surface area (Å²) < 4.78 is 6.00. The van der Waals surface area contributed by atoms with Gasteiger partial charge in [0.15, 0.2) is 0 Å². The lowest BCUT2D eigenvalue weighted by atomic mass is 9.82. The predicted molar refractivity (Wildman–Crippen MR) is 53.5 cm³/mol. The predicted octanol–water partition coefficient (Wildman–Crippen LogP) is 2.29. The first-order chi connectivity index (χ1) is 6.04. The molecule has 1 saturated heterocycles. The van der Waals surface area contributed by atoms with Crippen LogP contribution in [0.4, 0.5) is 0 Å². The zero-order valence-electron chi connectivity index (χ0n) is 9.02. The molecule has 2 unspecified atom stereocenters. The molecule has 2 rings (SSSR count). The van der Waals surface area contributed by atoms with Gasteiger partial charge in [0.05, 0.1) is 6.61 Å². The van der Waals surface area contributed by atoms with Gasteiger partial charge in [0, 0.05) is 5.54 Å². The first-order valence-corrected chi connectivity index (χ1v) is 5.47. The summed E-state index contributed by atoms with van der Waals surface area (Å²) >= 11 is 0. The molecule has 2 heteroatoms. The van der Waals surface area contributed by atoms with Gasteiger partial charge in [-0.3, -0.25) is 5.32 Å². The van der Waals surface area contributed by atoms with Crippen LogP contribution in [0.3, 0.4) is 0 Å². The SMILES string of the molecule is CC1CCCCC12NC(C)(C)CO2. The van der Waals surface area contributed by atoms with Crippen LogP contribution in [0.25, 0.3) is 0 Å². The van der Waals surface area contributed by atoms with Crippen LogP contribution in [0.2, 0.25) is 0 Å². The minimum atomic E-state index is 0.0156. The Hall–Kier alpha value is -0.0800. The van der Waals surface area contributed by atoms with Crippen LogP contribution in [0, 0.1) is 5.92 Å². The number of hydrogen-bond acceptors (Lipinski definition) is 2. The summed E-state index contributed by atoms with van der Waals surface area (Å²) in [4.78, 5) is 0. The van der Waals surface area contributed by atoms with Crippen LogP contribution < -0.4 is 5.32 Å². The highest BCUT2D eigenvalue weighted by Gasteiger charge is 2.47. The minimum absolute atomic E-state index is 0.0156. The van der Waals surface area contributed by atoms with Crippen LogP contribution in [0.15, 0.2) is 0 Å². The van der Waals surface area contributed by atoms with E-state index in [1.807, 2.05) is 0 Å². The minimum Gasteiger partial charge on any atom is -0.358 e. The fraction of sp³-hybridized carbons (Fsp3) is 1.00. The molecule has 0 bridgehead atoms. The third-order valence-electron chi connectivity index (χ3n) is 3.47. The molecule has 1 spiro atoms. The molecule has 1 heterocycles. The number of rotatable bonds is 0. The van der Waals surface area contributed by atoms with E-state index in [4.69, 9.17) is 4.74 Å². The molecule has 1 aliphatic carbocycles. The van der Waals surface area contributed by atoms with Crippen LogP contribution in [-0.4, -0.2) is 17.9 Å². The Bertz CT molecular complexity index is 202. The Labute approximate surface area is 81.0 Å². The van der Waals surface area contributed by atoms with Gasteiger partial charge < -0.3 is 4.74 Å². The third-order valence-corrected chi connectivity index (χ3v) is 3.47. The van der Waals surface area contributed by atoms with Crippen molar-refractivity contribution >= 4 is 0 Å². The lowest BCUT2D eigenvalue weighted by molar-refractivity contribution is -0.0765. The molecule has 2 aliphatic rings. The normalized spacial score (nSPS) is 44.1. The lowest BCUT2D eigenvalue weighted by Crippen LogP contribution is -2.53. The van der Waals surface area contributed by atoms with Gasteiger partial charge >= 0.3 is 0 Å². The highest BCUT2D eigenvalue weighted by Crippen LogP contribution is 2.39. The highest BCUT2D eigenvalue weighted by atomic mass is 16.5. The van der Waals surface area contributed by atoms with Crippen LogP contribution in [-0.2, 0) is 4.74 Å². The van der Waals surface area contributed by atoms with Crippen molar-refractivity contribution in [2.45, 2.75) is 57.7 Å². The van der Waals surface area contributed by atoms with Gasteiger partial charge in [0.2, 0.25) is 0 Å². The van der Waals surface area contributed by atoms with E-state index >= 15 is 0 Å². The molecular formula is C11H21NO. The smallest absolute Gasteiger partial charge is 0.122 e. The topological polar surface area (TPSA) is 21.3 Å². The van der Waals surface area contributed by atoms with Crippen molar-refractivity contribution < 1.29 is 4.74 Å². The van der Waals surface area contributed by atoms with E-state index in [2.05, 4.69) is 26.1 Å². The van der Waals surface area contributed by atoms with Crippen molar-refractivity contribution in [3.8, 4) is 0 Å². The van der Waals surface area contributed by atoms with Gasteiger partial charge in [-0.25, -0.2) is 0 Å². The van der Waals surface area contributed by atoms with Crippen LogP contribution in [0.1, 0.15) is 46.5 Å². The van der Waals surface area contributed by atoms with Gasteiger partial charge in [-0.15, -0.1) is 0 Å². The van der Waals surface area contributed by atoms with Crippen molar-refractivity contribution in [2.24, 2.45) is 5.92 Å². The average Bonchev–Trinajstić information content (AvgIpc) is 2.35. The molecule has 0 amide bonds. The maximum Gasteiger partial charge on any atom is 0.122 e. The zero-order valence-corrected chi connectivity index (χ0v) is 9.02. The van der Waals surface area contributed by atoms with Crippen molar-refractivity contribution in [3.63, 3.8) is 0 Å². The Morgan fingerprint density at radius 2 is 2.08 bits per heavy atom. The highest BCUT2D eigenvalue weighted by molar-refractivity contribution is 4.98. The molecule has 0 aromatic carbocycles. The molecule has 13 heavy (non-hydrogen) atoms. The Kier molecular flexibility index (Phi) is 2.16. The Morgan fingerprint density at radius 1 is 1.31 bits per heavy atom. The molecule has 2 fully saturated rings. The molecule has 2 atom stereocenters. The van der Waals surface area contributed by atoms with Crippen molar-refractivity contribution in [1.29, 1.82) is 0 Å². The summed E-state index contributed by atoms with van der Waals surface area (Å²) in [6, 6.07) is 0. The fourth-order valence-corrected chi connectivity index (χ4v) is 2.67. The summed E-state index contributed by atoms with van der Waals surface area (Å²) in [5.41, 5.74) is 0.188. The quantitative estimate of drug-likeness (QED) is 0.622. The van der Waals surface area contributed by atoms with E-state index in [1.54, 1.807) is 0 Å². The van der Waals surface area contributed by atoms with Crippen molar-refractivity contribution in [3.05, 3.63) is 0 Å². The van der Waals surface area contributed by atoms with Crippen LogP contribution in [0.5, 0.6) is 0 Å². The average molecular weight is 183 g/mol. The van der Waals surface area contributed by atoms with Crippen molar-refractivity contribution in [1.82, 2.24) is 5.32 Å². The molecule has 1 saturated carbocycles. The van der Waals surface area contributed by atoms with E-state index in [0.717, 1.165) is 6.61 Å². The van der Waals surface area contributed by atoms with Gasteiger partial charge in [0.1, 0.15) is 5.72 Å². The van der Waals surface area contributed by atoms with E-state index in [-0.39, 0.29) is 11.3 Å². The number of hydrogen-bond donors (Lipinski definition) is 1. The number of nitrogens with one attached hydrogen (secondary N) is 1. The van der Waals surface area contributed by atoms with Gasteiger partial charge in [0.25, 0.3) is 0 Å². The molecule has 0 aromatic heterocycles. The first-order valence-electron chi connectivity index (χ1n) is 5.47. The first kappa shape index (κ1) is 9.47. The molecule has 76 valence electrons. The summed E-state index contributed by atoms with van der Waals surface area (Å²) in [7, 11) is 0. The lowest BCUT2D eigenvalue weighted by Gasteiger charge is -2.39. The van der Waals surface area contributed by atoms with E-state index in [9.17, 15) is 0 Å². The maximum atomic E-state index is 6.00. The largest absolute Gasteiger partial charge is 0.358 e. The second-order valence-electron chi connectivity index (χ2n) is 5.33. The molecule has 0 aromatic rings. The molecule has 2 nitrogen and oxygen atoms in total. The second-order valence-corrected chi connectivity index (χ2v) is 5.33. The third kappa shape index (κ3) is 1.62. The molecule has 0 radical (unpaired) electrons. The van der Waals surface area contributed by atoms with Gasteiger partial charge in [-0.2, -0.15) is 0 Å². The Balaban J connectivity index is 2.12. The van der Waals surface area contributed by atoms with E-state index in [0.29, 0.717) is 5.92 Å². The number of ether oxygens (including phenoxy) is 1. The van der Waals surface area contributed by atoms with E-state index < -0.39 is 0 Å². The fourth-order valence-electron chi connectivity index (χ4n) is 2.67. The Morgan fingerprint density at radius 3 is 2.62 bits per heavy atom. The standard InChI is InChI=1S/C11H21NO/c1-9-6-4-5-7-11(9)12-10(2,3)8-13-11/h9,12H,4-8H2,1-3H3. The maximum absolute atomic E-state index is 6.00. The molecule has 1 aliphatic heterocycles. The van der Waals surface area contributed by atoms with E-state index in [1.165, 1.54) is 25.7 Å². The monoisotopic (exact) mass is 183 g/mol. The zero-order chi connectivity index (χ0) is 9.53. The van der Waals surface area contributed by atoms with Gasteiger partial charge in [-0.05, 0) is 39.0 Å². The molecule has 1 N–H and O–H groups in total. The summed E-state index contributed by atoms with van der Waals surface area (Å²) in [6.07, 6.45) is 5.18. The van der Waals surface area contributed by atoms with Crippen LogP contribution >= 0.6 is 0 Å². The second kappa shape index (κ2) is 2.96. The van der Waals surface area contributed by atoms with Gasteiger partial charge in [-0.1, -0.05) is 13.3 Å².